The Hall–Kier alpha value is -3.34. The van der Waals surface area contributed by atoms with Crippen molar-refractivity contribution in [2.45, 2.75) is 20.8 Å². The summed E-state index contributed by atoms with van der Waals surface area (Å²) in [6.07, 6.45) is 5.50. The van der Waals surface area contributed by atoms with Crippen molar-refractivity contribution >= 4 is 11.4 Å². The van der Waals surface area contributed by atoms with Gasteiger partial charge in [-0.3, -0.25) is 0 Å². The second kappa shape index (κ2) is 6.52. The first kappa shape index (κ1) is 16.1. The smallest absolute Gasteiger partial charge is 0.141 e. The minimum atomic E-state index is 0.835. The number of aryl methyl sites for hydroxylation is 3. The summed E-state index contributed by atoms with van der Waals surface area (Å²) in [7, 11) is 0. The summed E-state index contributed by atoms with van der Waals surface area (Å²) in [4.78, 5) is 4.08. The van der Waals surface area contributed by atoms with Gasteiger partial charge < -0.3 is 14.4 Å². The molecule has 5 nitrogen and oxygen atoms in total. The van der Waals surface area contributed by atoms with Crippen LogP contribution < -0.4 is 5.32 Å². The molecular weight excluding hydrogens is 324 g/mol. The Morgan fingerprint density at radius 1 is 1.00 bits per heavy atom. The fourth-order valence-electron chi connectivity index (χ4n) is 3.09. The standard InChI is InChI=1S/C21H20N4O/c1-14-4-5-17(21-15(2)24-26-16(21)3)12-20(14)23-18-6-8-19(9-7-18)25-11-10-22-13-25/h4-13,23H,1-3H3. The summed E-state index contributed by atoms with van der Waals surface area (Å²) in [5, 5.41) is 7.57. The second-order valence-electron chi connectivity index (χ2n) is 6.37. The van der Waals surface area contributed by atoms with Gasteiger partial charge in [0.15, 0.2) is 0 Å². The maximum absolute atomic E-state index is 5.31. The van der Waals surface area contributed by atoms with Crippen molar-refractivity contribution < 1.29 is 4.52 Å². The first-order chi connectivity index (χ1) is 12.6. The molecule has 2 heterocycles. The van der Waals surface area contributed by atoms with E-state index >= 15 is 0 Å². The molecule has 5 heteroatoms. The Balaban J connectivity index is 1.63. The summed E-state index contributed by atoms with van der Waals surface area (Å²) >= 11 is 0. The van der Waals surface area contributed by atoms with Gasteiger partial charge in [0.25, 0.3) is 0 Å². The van der Waals surface area contributed by atoms with E-state index in [9.17, 15) is 0 Å². The zero-order valence-corrected chi connectivity index (χ0v) is 15.0. The van der Waals surface area contributed by atoms with E-state index in [4.69, 9.17) is 4.52 Å². The third-order valence-corrected chi connectivity index (χ3v) is 4.51. The molecule has 0 unspecified atom stereocenters. The van der Waals surface area contributed by atoms with E-state index < -0.39 is 0 Å². The fourth-order valence-corrected chi connectivity index (χ4v) is 3.09. The van der Waals surface area contributed by atoms with Gasteiger partial charge in [0, 0.05) is 35.0 Å². The van der Waals surface area contributed by atoms with Crippen LogP contribution >= 0.6 is 0 Å². The number of benzene rings is 2. The third kappa shape index (κ3) is 2.99. The second-order valence-corrected chi connectivity index (χ2v) is 6.37. The molecule has 0 saturated heterocycles. The van der Waals surface area contributed by atoms with Gasteiger partial charge >= 0.3 is 0 Å². The highest BCUT2D eigenvalue weighted by molar-refractivity contribution is 5.75. The van der Waals surface area contributed by atoms with Gasteiger partial charge in [0.2, 0.25) is 0 Å². The molecule has 4 rings (SSSR count). The number of rotatable bonds is 4. The summed E-state index contributed by atoms with van der Waals surface area (Å²) in [5.74, 6) is 0.835. The lowest BCUT2D eigenvalue weighted by Crippen LogP contribution is -1.95. The van der Waals surface area contributed by atoms with Gasteiger partial charge in [0.1, 0.15) is 5.76 Å². The monoisotopic (exact) mass is 344 g/mol. The van der Waals surface area contributed by atoms with Crippen LogP contribution in [-0.2, 0) is 0 Å². The van der Waals surface area contributed by atoms with Crippen LogP contribution in [0.3, 0.4) is 0 Å². The van der Waals surface area contributed by atoms with E-state index in [0.29, 0.717) is 0 Å². The van der Waals surface area contributed by atoms with Crippen molar-refractivity contribution in [1.82, 2.24) is 14.7 Å². The number of hydrogen-bond acceptors (Lipinski definition) is 4. The summed E-state index contributed by atoms with van der Waals surface area (Å²) < 4.78 is 7.29. The van der Waals surface area contributed by atoms with Crippen molar-refractivity contribution in [3.63, 3.8) is 0 Å². The summed E-state index contributed by atoms with van der Waals surface area (Å²) in [5.41, 5.74) is 7.43. The third-order valence-electron chi connectivity index (χ3n) is 4.51. The summed E-state index contributed by atoms with van der Waals surface area (Å²) in [6.45, 7) is 6.00. The number of anilines is 2. The van der Waals surface area contributed by atoms with Crippen LogP contribution in [0.1, 0.15) is 17.0 Å². The van der Waals surface area contributed by atoms with Crippen LogP contribution in [0.2, 0.25) is 0 Å². The maximum Gasteiger partial charge on any atom is 0.141 e. The highest BCUT2D eigenvalue weighted by Gasteiger charge is 2.12. The van der Waals surface area contributed by atoms with E-state index in [1.807, 2.05) is 24.6 Å². The topological polar surface area (TPSA) is 55.9 Å². The highest BCUT2D eigenvalue weighted by atomic mass is 16.5. The fraction of sp³-hybridized carbons (Fsp3) is 0.143. The van der Waals surface area contributed by atoms with Crippen molar-refractivity contribution in [3.8, 4) is 16.8 Å². The Morgan fingerprint density at radius 3 is 2.46 bits per heavy atom. The molecule has 0 aliphatic carbocycles. The molecule has 0 saturated carbocycles. The quantitative estimate of drug-likeness (QED) is 0.553. The number of nitrogens with one attached hydrogen (secondary N) is 1. The summed E-state index contributed by atoms with van der Waals surface area (Å²) in [6, 6.07) is 14.6. The van der Waals surface area contributed by atoms with E-state index in [0.717, 1.165) is 39.6 Å². The molecule has 0 fully saturated rings. The first-order valence-corrected chi connectivity index (χ1v) is 8.51. The van der Waals surface area contributed by atoms with E-state index in [2.05, 4.69) is 64.8 Å². The lowest BCUT2D eigenvalue weighted by Gasteiger charge is -2.12. The molecule has 0 radical (unpaired) electrons. The molecular formula is C21H20N4O. The van der Waals surface area contributed by atoms with Gasteiger partial charge in [-0.1, -0.05) is 17.3 Å². The number of aromatic nitrogens is 3. The Morgan fingerprint density at radius 2 is 1.81 bits per heavy atom. The largest absolute Gasteiger partial charge is 0.361 e. The molecule has 0 amide bonds. The SMILES string of the molecule is Cc1ccc(-c2c(C)noc2C)cc1Nc1ccc(-n2ccnc2)cc1. The minimum Gasteiger partial charge on any atom is -0.361 e. The van der Waals surface area contributed by atoms with Gasteiger partial charge in [0.05, 0.1) is 12.0 Å². The van der Waals surface area contributed by atoms with Crippen molar-refractivity contribution in [2.24, 2.45) is 0 Å². The Labute approximate surface area is 152 Å². The van der Waals surface area contributed by atoms with E-state index in [-0.39, 0.29) is 0 Å². The van der Waals surface area contributed by atoms with Crippen molar-refractivity contribution in [1.29, 1.82) is 0 Å². The molecule has 2 aromatic heterocycles. The van der Waals surface area contributed by atoms with Crippen LogP contribution in [0.4, 0.5) is 11.4 Å². The molecule has 4 aromatic rings. The van der Waals surface area contributed by atoms with Crippen LogP contribution in [0, 0.1) is 20.8 Å². The maximum atomic E-state index is 5.31. The molecule has 0 aliphatic heterocycles. The molecule has 26 heavy (non-hydrogen) atoms. The van der Waals surface area contributed by atoms with Crippen LogP contribution in [0.15, 0.2) is 65.7 Å². The zero-order valence-electron chi connectivity index (χ0n) is 15.0. The van der Waals surface area contributed by atoms with Gasteiger partial charge in [-0.15, -0.1) is 0 Å². The lowest BCUT2D eigenvalue weighted by molar-refractivity contribution is 0.393. The Kier molecular flexibility index (Phi) is 4.05. The van der Waals surface area contributed by atoms with Gasteiger partial charge in [-0.2, -0.15) is 0 Å². The van der Waals surface area contributed by atoms with Gasteiger partial charge in [-0.25, -0.2) is 4.98 Å². The van der Waals surface area contributed by atoms with Crippen LogP contribution in [0.5, 0.6) is 0 Å². The molecule has 2 aromatic carbocycles. The lowest BCUT2D eigenvalue weighted by atomic mass is 10.0. The molecule has 0 atom stereocenters. The minimum absolute atomic E-state index is 0.835. The molecule has 130 valence electrons. The van der Waals surface area contributed by atoms with Crippen LogP contribution in [-0.4, -0.2) is 14.7 Å². The predicted molar refractivity (Wildman–Crippen MR) is 103 cm³/mol. The number of nitrogens with zero attached hydrogens (tertiary/aromatic N) is 3. The first-order valence-electron chi connectivity index (χ1n) is 8.51. The average molecular weight is 344 g/mol. The molecule has 0 bridgehead atoms. The van der Waals surface area contributed by atoms with Crippen molar-refractivity contribution in [3.05, 3.63) is 78.2 Å². The van der Waals surface area contributed by atoms with E-state index in [1.54, 1.807) is 12.5 Å². The number of hydrogen-bond donors (Lipinski definition) is 1. The highest BCUT2D eigenvalue weighted by Crippen LogP contribution is 2.31. The zero-order chi connectivity index (χ0) is 18.1. The molecule has 0 aliphatic rings. The predicted octanol–water partition coefficient (Wildman–Crippen LogP) is 5.20. The normalized spacial score (nSPS) is 10.9. The molecule has 1 N–H and O–H groups in total. The number of imidazole rings is 1. The Bertz CT molecular complexity index is 1010. The molecule has 0 spiro atoms. The van der Waals surface area contributed by atoms with E-state index in [1.165, 1.54) is 5.56 Å². The van der Waals surface area contributed by atoms with Gasteiger partial charge in [-0.05, 0) is 62.2 Å². The van der Waals surface area contributed by atoms with Crippen LogP contribution in [0.25, 0.3) is 16.8 Å². The van der Waals surface area contributed by atoms with Crippen molar-refractivity contribution in [2.75, 3.05) is 5.32 Å². The average Bonchev–Trinajstić information content (AvgIpc) is 3.28.